The van der Waals surface area contributed by atoms with Crippen molar-refractivity contribution in [3.8, 4) is 0 Å². The summed E-state index contributed by atoms with van der Waals surface area (Å²) in [6.07, 6.45) is 3.85. The summed E-state index contributed by atoms with van der Waals surface area (Å²) in [6, 6.07) is 8.76. The summed E-state index contributed by atoms with van der Waals surface area (Å²) in [4.78, 5) is 8.51. The Morgan fingerprint density at radius 1 is 1.35 bits per heavy atom. The van der Waals surface area contributed by atoms with E-state index in [9.17, 15) is 0 Å². The molecule has 0 aliphatic heterocycles. The summed E-state index contributed by atoms with van der Waals surface area (Å²) in [5.41, 5.74) is 0. The first-order chi connectivity index (χ1) is 9.74. The van der Waals surface area contributed by atoms with Crippen LogP contribution in [0.4, 0.5) is 0 Å². The largest absolute Gasteiger partial charge is 0.336 e. The van der Waals surface area contributed by atoms with E-state index < -0.39 is 0 Å². The van der Waals surface area contributed by atoms with Crippen LogP contribution in [0.3, 0.4) is 0 Å². The van der Waals surface area contributed by atoms with E-state index in [0.717, 1.165) is 12.4 Å². The molecule has 1 unspecified atom stereocenters. The van der Waals surface area contributed by atoms with E-state index in [1.54, 1.807) is 11.3 Å². The van der Waals surface area contributed by atoms with Crippen molar-refractivity contribution in [2.24, 2.45) is 7.05 Å². The van der Waals surface area contributed by atoms with Gasteiger partial charge in [0.2, 0.25) is 0 Å². The highest BCUT2D eigenvalue weighted by Crippen LogP contribution is 2.25. The highest BCUT2D eigenvalue weighted by Gasteiger charge is 2.18. The number of nitrogens with one attached hydrogen (secondary N) is 1. The third kappa shape index (κ3) is 2.85. The Hall–Kier alpha value is -1.43. The molecule has 5 heteroatoms. The van der Waals surface area contributed by atoms with Gasteiger partial charge >= 0.3 is 0 Å². The van der Waals surface area contributed by atoms with Crippen LogP contribution in [0.2, 0.25) is 0 Å². The Morgan fingerprint density at radius 2 is 2.25 bits per heavy atom. The highest BCUT2D eigenvalue weighted by atomic mass is 32.1. The maximum Gasteiger partial charge on any atom is 0.131 e. The zero-order chi connectivity index (χ0) is 13.9. The first-order valence-corrected chi connectivity index (χ1v) is 8.23. The lowest BCUT2D eigenvalue weighted by Crippen LogP contribution is -2.23. The molecular formula is C15H17N3S2. The standard InChI is InChI=1S/C15H17N3S2/c1-11-5-6-12(20-11)10-17-14(13-4-3-9-19-13)15-16-7-8-18(15)2/h3-9,14,17H,10H2,1-2H3. The summed E-state index contributed by atoms with van der Waals surface area (Å²) in [5, 5.41) is 5.75. The molecule has 0 aliphatic carbocycles. The van der Waals surface area contributed by atoms with Gasteiger partial charge in [-0.2, -0.15) is 0 Å². The molecule has 0 amide bonds. The fourth-order valence-corrected chi connectivity index (χ4v) is 3.85. The summed E-state index contributed by atoms with van der Waals surface area (Å²) in [6.45, 7) is 3.01. The predicted molar refractivity (Wildman–Crippen MR) is 85.3 cm³/mol. The summed E-state index contributed by atoms with van der Waals surface area (Å²) < 4.78 is 2.08. The van der Waals surface area contributed by atoms with E-state index in [2.05, 4.69) is 51.4 Å². The third-order valence-electron chi connectivity index (χ3n) is 3.22. The molecule has 0 aromatic carbocycles. The fourth-order valence-electron chi connectivity index (χ4n) is 2.21. The molecule has 3 nitrogen and oxygen atoms in total. The van der Waals surface area contributed by atoms with Crippen molar-refractivity contribution in [2.45, 2.75) is 19.5 Å². The van der Waals surface area contributed by atoms with E-state index in [4.69, 9.17) is 0 Å². The van der Waals surface area contributed by atoms with Crippen LogP contribution in [0, 0.1) is 6.92 Å². The Morgan fingerprint density at radius 3 is 2.85 bits per heavy atom. The van der Waals surface area contributed by atoms with Gasteiger partial charge in [0, 0.05) is 40.6 Å². The maximum absolute atomic E-state index is 4.50. The number of thiophene rings is 2. The van der Waals surface area contributed by atoms with Gasteiger partial charge in [0.15, 0.2) is 0 Å². The second-order valence-corrected chi connectivity index (χ2v) is 7.09. The molecule has 3 rings (SSSR count). The molecule has 0 fully saturated rings. The number of hydrogen-bond donors (Lipinski definition) is 1. The minimum Gasteiger partial charge on any atom is -0.336 e. The zero-order valence-electron chi connectivity index (χ0n) is 11.5. The van der Waals surface area contributed by atoms with Crippen molar-refractivity contribution < 1.29 is 0 Å². The molecule has 0 saturated carbocycles. The topological polar surface area (TPSA) is 29.9 Å². The molecule has 3 heterocycles. The molecule has 3 aromatic heterocycles. The van der Waals surface area contributed by atoms with E-state index in [1.807, 2.05) is 30.8 Å². The van der Waals surface area contributed by atoms with E-state index in [1.165, 1.54) is 14.6 Å². The van der Waals surface area contributed by atoms with Crippen LogP contribution in [-0.4, -0.2) is 9.55 Å². The number of nitrogens with zero attached hydrogens (tertiary/aromatic N) is 2. The second kappa shape index (κ2) is 5.91. The lowest BCUT2D eigenvalue weighted by molar-refractivity contribution is 0.568. The van der Waals surface area contributed by atoms with Gasteiger partial charge in [-0.1, -0.05) is 6.07 Å². The smallest absolute Gasteiger partial charge is 0.131 e. The molecule has 0 radical (unpaired) electrons. The normalized spacial score (nSPS) is 12.7. The minimum absolute atomic E-state index is 0.150. The van der Waals surface area contributed by atoms with Gasteiger partial charge in [-0.3, -0.25) is 5.32 Å². The number of aryl methyl sites for hydroxylation is 2. The van der Waals surface area contributed by atoms with Crippen LogP contribution >= 0.6 is 22.7 Å². The average molecular weight is 303 g/mol. The van der Waals surface area contributed by atoms with Gasteiger partial charge in [0.1, 0.15) is 11.9 Å². The van der Waals surface area contributed by atoms with Crippen LogP contribution in [0.5, 0.6) is 0 Å². The Balaban J connectivity index is 1.81. The number of hydrogen-bond acceptors (Lipinski definition) is 4. The molecule has 0 saturated heterocycles. The molecule has 0 aliphatic rings. The molecule has 0 bridgehead atoms. The van der Waals surface area contributed by atoms with Crippen molar-refractivity contribution >= 4 is 22.7 Å². The van der Waals surface area contributed by atoms with Crippen molar-refractivity contribution in [2.75, 3.05) is 0 Å². The van der Waals surface area contributed by atoms with Crippen LogP contribution < -0.4 is 5.32 Å². The summed E-state index contributed by atoms with van der Waals surface area (Å²) in [7, 11) is 2.04. The molecule has 20 heavy (non-hydrogen) atoms. The summed E-state index contributed by atoms with van der Waals surface area (Å²) in [5.74, 6) is 1.06. The van der Waals surface area contributed by atoms with Gasteiger partial charge in [0.25, 0.3) is 0 Å². The van der Waals surface area contributed by atoms with Crippen LogP contribution in [-0.2, 0) is 13.6 Å². The van der Waals surface area contributed by atoms with Gasteiger partial charge < -0.3 is 4.57 Å². The quantitative estimate of drug-likeness (QED) is 0.778. The first kappa shape index (κ1) is 13.5. The van der Waals surface area contributed by atoms with Crippen LogP contribution in [0.15, 0.2) is 42.0 Å². The van der Waals surface area contributed by atoms with E-state index >= 15 is 0 Å². The molecule has 3 aromatic rings. The average Bonchev–Trinajstić information content (AvgIpc) is 3.14. The van der Waals surface area contributed by atoms with Gasteiger partial charge in [-0.05, 0) is 30.5 Å². The van der Waals surface area contributed by atoms with Crippen molar-refractivity contribution in [1.29, 1.82) is 0 Å². The van der Waals surface area contributed by atoms with Gasteiger partial charge in [-0.25, -0.2) is 4.98 Å². The number of imidazole rings is 1. The minimum atomic E-state index is 0.150. The van der Waals surface area contributed by atoms with Crippen molar-refractivity contribution in [1.82, 2.24) is 14.9 Å². The van der Waals surface area contributed by atoms with E-state index in [-0.39, 0.29) is 6.04 Å². The Labute approximate surface area is 126 Å². The van der Waals surface area contributed by atoms with E-state index in [0.29, 0.717) is 0 Å². The van der Waals surface area contributed by atoms with Gasteiger partial charge in [-0.15, -0.1) is 22.7 Å². The second-order valence-electron chi connectivity index (χ2n) is 4.74. The fraction of sp³-hybridized carbons (Fsp3) is 0.267. The molecule has 104 valence electrons. The maximum atomic E-state index is 4.50. The van der Waals surface area contributed by atoms with Crippen LogP contribution in [0.25, 0.3) is 0 Å². The summed E-state index contributed by atoms with van der Waals surface area (Å²) >= 11 is 3.61. The lowest BCUT2D eigenvalue weighted by Gasteiger charge is -2.17. The lowest BCUT2D eigenvalue weighted by atomic mass is 10.2. The Bertz CT molecular complexity index is 667. The zero-order valence-corrected chi connectivity index (χ0v) is 13.2. The molecular weight excluding hydrogens is 286 g/mol. The SMILES string of the molecule is Cc1ccc(CNC(c2cccs2)c2nccn2C)s1. The van der Waals surface area contributed by atoms with Crippen molar-refractivity contribution in [3.05, 3.63) is 62.5 Å². The van der Waals surface area contributed by atoms with Gasteiger partial charge in [0.05, 0.1) is 0 Å². The third-order valence-corrected chi connectivity index (χ3v) is 5.16. The highest BCUT2D eigenvalue weighted by molar-refractivity contribution is 7.11. The molecule has 1 N–H and O–H groups in total. The predicted octanol–water partition coefficient (Wildman–Crippen LogP) is 3.73. The van der Waals surface area contributed by atoms with Crippen molar-refractivity contribution in [3.63, 3.8) is 0 Å². The molecule has 0 spiro atoms. The monoisotopic (exact) mass is 303 g/mol. The Kier molecular flexibility index (Phi) is 4.00. The number of aromatic nitrogens is 2. The number of rotatable bonds is 5. The first-order valence-electron chi connectivity index (χ1n) is 6.53. The van der Waals surface area contributed by atoms with Crippen LogP contribution in [0.1, 0.15) is 26.5 Å². The molecule has 1 atom stereocenters.